The SMILES string of the molecule is C=CCCC(=C)CCC=C.C[C]1[C](C)[C](C)[C](C)[C]1C.O=S(=O)([O-])C(F)(F)F.[Ru+2]. The quantitative estimate of drug-likeness (QED) is 0.174. The summed E-state index contributed by atoms with van der Waals surface area (Å²) in [4.78, 5) is 0. The Morgan fingerprint density at radius 2 is 1.07 bits per heavy atom. The minimum atomic E-state index is -6.09. The van der Waals surface area contributed by atoms with Gasteiger partial charge in [-0.05, 0) is 55.3 Å². The van der Waals surface area contributed by atoms with Crippen LogP contribution in [0, 0.1) is 29.6 Å². The molecule has 0 saturated heterocycles. The van der Waals surface area contributed by atoms with Crippen molar-refractivity contribution in [2.45, 2.75) is 65.8 Å². The zero-order chi connectivity index (χ0) is 22.7. The molecule has 0 atom stereocenters. The van der Waals surface area contributed by atoms with Gasteiger partial charge in [0.15, 0.2) is 10.1 Å². The third kappa shape index (κ3) is 13.5. The zero-order valence-corrected chi connectivity index (χ0v) is 20.3. The summed E-state index contributed by atoms with van der Waals surface area (Å²) in [5, 5.41) is 0. The Balaban J connectivity index is -0.000000347. The molecule has 0 aliphatic heterocycles. The molecule has 0 aromatic heterocycles. The van der Waals surface area contributed by atoms with Crippen molar-refractivity contribution < 1.29 is 45.6 Å². The molecular formula is C21H31F3O3RuS+. The smallest absolute Gasteiger partial charge is 0.741 e. The first-order valence-electron chi connectivity index (χ1n) is 8.71. The van der Waals surface area contributed by atoms with Crippen LogP contribution < -0.4 is 0 Å². The van der Waals surface area contributed by atoms with Crippen LogP contribution in [0.2, 0.25) is 0 Å². The first-order valence-corrected chi connectivity index (χ1v) is 10.1. The fraction of sp³-hybridized carbons (Fsp3) is 0.476. The van der Waals surface area contributed by atoms with E-state index in [0.717, 1.165) is 25.7 Å². The molecule has 1 aliphatic rings. The molecule has 0 aromatic carbocycles. The summed E-state index contributed by atoms with van der Waals surface area (Å²) in [6, 6.07) is 0. The van der Waals surface area contributed by atoms with Gasteiger partial charge in [0.1, 0.15) is 0 Å². The van der Waals surface area contributed by atoms with Crippen molar-refractivity contribution in [3.05, 3.63) is 67.1 Å². The summed E-state index contributed by atoms with van der Waals surface area (Å²) in [6.07, 6.45) is 8.12. The average Bonchev–Trinajstić information content (AvgIpc) is 2.75. The number of hydrogen-bond donors (Lipinski definition) is 0. The van der Waals surface area contributed by atoms with Gasteiger partial charge in [-0.25, -0.2) is 8.42 Å². The molecule has 167 valence electrons. The van der Waals surface area contributed by atoms with Crippen LogP contribution in [0.4, 0.5) is 13.2 Å². The second kappa shape index (κ2) is 15.4. The number of rotatable bonds is 6. The van der Waals surface area contributed by atoms with Gasteiger partial charge in [-0.2, -0.15) is 13.2 Å². The monoisotopic (exact) mass is 522 g/mol. The molecule has 0 bridgehead atoms. The summed E-state index contributed by atoms with van der Waals surface area (Å²) in [5.74, 6) is 7.34. The van der Waals surface area contributed by atoms with Gasteiger partial charge in [0.05, 0.1) is 0 Å². The third-order valence-electron chi connectivity index (χ3n) is 4.50. The first-order chi connectivity index (χ1) is 12.6. The normalized spacial score (nSPS) is 16.7. The van der Waals surface area contributed by atoms with E-state index in [-0.39, 0.29) is 19.5 Å². The molecule has 0 amide bonds. The molecular weight excluding hydrogens is 490 g/mol. The van der Waals surface area contributed by atoms with Crippen LogP contribution in [0.25, 0.3) is 0 Å². The predicted octanol–water partition coefficient (Wildman–Crippen LogP) is 6.50. The molecule has 29 heavy (non-hydrogen) atoms. The van der Waals surface area contributed by atoms with E-state index in [4.69, 9.17) is 13.0 Å². The molecule has 1 rings (SSSR count). The van der Waals surface area contributed by atoms with Gasteiger partial charge in [0, 0.05) is 0 Å². The second-order valence-corrected chi connectivity index (χ2v) is 7.80. The Morgan fingerprint density at radius 3 is 1.21 bits per heavy atom. The number of hydrogen-bond acceptors (Lipinski definition) is 3. The maximum absolute atomic E-state index is 10.7. The Bertz CT molecular complexity index is 530. The van der Waals surface area contributed by atoms with Gasteiger partial charge < -0.3 is 4.55 Å². The van der Waals surface area contributed by atoms with Crippen molar-refractivity contribution in [3.8, 4) is 0 Å². The Morgan fingerprint density at radius 1 is 0.862 bits per heavy atom. The summed E-state index contributed by atoms with van der Waals surface area (Å²) < 4.78 is 58.9. The number of allylic oxidation sites excluding steroid dienone is 3. The zero-order valence-electron chi connectivity index (χ0n) is 17.7. The fourth-order valence-corrected chi connectivity index (χ4v) is 2.14. The Kier molecular flexibility index (Phi) is 17.6. The van der Waals surface area contributed by atoms with Crippen molar-refractivity contribution in [1.82, 2.24) is 0 Å². The van der Waals surface area contributed by atoms with Gasteiger partial charge in [0.25, 0.3) is 0 Å². The maximum atomic E-state index is 10.7. The van der Waals surface area contributed by atoms with Gasteiger partial charge in [-0.3, -0.25) is 0 Å². The molecule has 5 radical (unpaired) electrons. The van der Waals surface area contributed by atoms with E-state index < -0.39 is 15.6 Å². The molecule has 0 N–H and O–H groups in total. The van der Waals surface area contributed by atoms with Gasteiger partial charge >= 0.3 is 25.0 Å². The molecule has 0 heterocycles. The molecule has 0 unspecified atom stereocenters. The van der Waals surface area contributed by atoms with Gasteiger partial charge in [0.2, 0.25) is 0 Å². The number of alkyl halides is 3. The van der Waals surface area contributed by atoms with Crippen LogP contribution in [-0.4, -0.2) is 18.5 Å². The summed E-state index contributed by atoms with van der Waals surface area (Å²) in [5.41, 5.74) is -4.34. The third-order valence-corrected chi connectivity index (χ3v) is 5.07. The van der Waals surface area contributed by atoms with Crippen LogP contribution in [0.1, 0.15) is 60.3 Å². The minimum absolute atomic E-state index is 0. The van der Waals surface area contributed by atoms with Crippen molar-refractivity contribution in [3.63, 3.8) is 0 Å². The Labute approximate surface area is 188 Å². The second-order valence-electron chi connectivity index (χ2n) is 6.43. The van der Waals surface area contributed by atoms with E-state index in [1.54, 1.807) is 0 Å². The summed E-state index contributed by atoms with van der Waals surface area (Å²) in [6.45, 7) is 22.2. The topological polar surface area (TPSA) is 57.2 Å². The van der Waals surface area contributed by atoms with E-state index >= 15 is 0 Å². The molecule has 1 fully saturated rings. The average molecular weight is 522 g/mol. The molecule has 0 spiro atoms. The van der Waals surface area contributed by atoms with E-state index in [1.807, 2.05) is 12.2 Å². The summed E-state index contributed by atoms with van der Waals surface area (Å²) >= 11 is 0. The van der Waals surface area contributed by atoms with Crippen LogP contribution >= 0.6 is 0 Å². The standard InChI is InChI=1S/C10H15.C10H16.CHF3O3S.Ru/c1-6-7(2)9(4)10(5)8(6)3;1-4-6-8-10(3)9-7-5-2;2-1(3,4)8(5,6)7;/h1-5H3;4-5H,1-3,6-9H2;(H,5,6,7);/q;;;+2/p-1. The van der Waals surface area contributed by atoms with Crippen molar-refractivity contribution in [2.24, 2.45) is 0 Å². The number of halogens is 3. The van der Waals surface area contributed by atoms with E-state index in [1.165, 1.54) is 35.2 Å². The minimum Gasteiger partial charge on any atom is -0.741 e. The first kappa shape index (κ1) is 33.2. The van der Waals surface area contributed by atoms with E-state index in [9.17, 15) is 13.2 Å². The summed E-state index contributed by atoms with van der Waals surface area (Å²) in [7, 11) is -6.09. The molecule has 8 heteroatoms. The maximum Gasteiger partial charge on any atom is 2.00 e. The van der Waals surface area contributed by atoms with Crippen molar-refractivity contribution in [1.29, 1.82) is 0 Å². The van der Waals surface area contributed by atoms with E-state index in [0.29, 0.717) is 0 Å². The van der Waals surface area contributed by atoms with Crippen molar-refractivity contribution >= 4 is 10.1 Å². The van der Waals surface area contributed by atoms with Gasteiger partial charge in [-0.1, -0.05) is 58.9 Å². The molecule has 1 aliphatic carbocycles. The Hall–Kier alpha value is -0.457. The van der Waals surface area contributed by atoms with Gasteiger partial charge in [-0.15, -0.1) is 13.2 Å². The fourth-order valence-electron chi connectivity index (χ4n) is 2.14. The molecule has 1 saturated carbocycles. The van der Waals surface area contributed by atoms with Crippen LogP contribution in [0.15, 0.2) is 37.5 Å². The van der Waals surface area contributed by atoms with Crippen molar-refractivity contribution in [2.75, 3.05) is 0 Å². The van der Waals surface area contributed by atoms with Crippen LogP contribution in [0.5, 0.6) is 0 Å². The van der Waals surface area contributed by atoms with Crippen LogP contribution in [-0.2, 0) is 29.6 Å². The molecule has 0 aromatic rings. The predicted molar refractivity (Wildman–Crippen MR) is 108 cm³/mol. The molecule has 3 nitrogen and oxygen atoms in total. The van der Waals surface area contributed by atoms with E-state index in [2.05, 4.69) is 54.4 Å². The van der Waals surface area contributed by atoms with Crippen LogP contribution in [0.3, 0.4) is 0 Å². The largest absolute Gasteiger partial charge is 2.00 e.